The maximum Gasteiger partial charge on any atom is 0.0833 e. The van der Waals surface area contributed by atoms with Crippen molar-refractivity contribution in [1.82, 2.24) is 15.2 Å². The molecule has 2 aromatic heterocycles. The number of aryl methyl sites for hydroxylation is 1. The third-order valence-electron chi connectivity index (χ3n) is 3.81. The molecule has 5 heteroatoms. The predicted octanol–water partition coefficient (Wildman–Crippen LogP) is 4.51. The smallest absolute Gasteiger partial charge is 0.0833 e. The van der Waals surface area contributed by atoms with Gasteiger partial charge in [-0.05, 0) is 48.7 Å². The van der Waals surface area contributed by atoms with E-state index in [4.69, 9.17) is 0 Å². The Morgan fingerprint density at radius 1 is 1.15 bits per heavy atom. The Morgan fingerprint density at radius 2 is 1.88 bits per heavy atom. The maximum atomic E-state index is 4.04. The first-order valence-electron chi connectivity index (χ1n) is 8.53. The number of rotatable bonds is 5. The molecular formula is C21H27N5. The molecule has 5 nitrogen and oxygen atoms in total. The zero-order valence-electron chi connectivity index (χ0n) is 16.0. The maximum absolute atomic E-state index is 4.04. The van der Waals surface area contributed by atoms with E-state index >= 15 is 0 Å². The summed E-state index contributed by atoms with van der Waals surface area (Å²) in [5.41, 5.74) is 6.58. The molecule has 2 heterocycles. The van der Waals surface area contributed by atoms with Gasteiger partial charge in [0.2, 0.25) is 0 Å². The number of hydrogen-bond donors (Lipinski definition) is 2. The quantitative estimate of drug-likeness (QED) is 0.711. The van der Waals surface area contributed by atoms with Gasteiger partial charge in [0.25, 0.3) is 0 Å². The first-order valence-corrected chi connectivity index (χ1v) is 8.53. The molecule has 0 aliphatic carbocycles. The van der Waals surface area contributed by atoms with E-state index in [-0.39, 0.29) is 0 Å². The van der Waals surface area contributed by atoms with Crippen LogP contribution in [0.2, 0.25) is 0 Å². The van der Waals surface area contributed by atoms with Gasteiger partial charge in [-0.15, -0.1) is 0 Å². The summed E-state index contributed by atoms with van der Waals surface area (Å²) in [5, 5.41) is 10.4. The Morgan fingerprint density at radius 3 is 2.38 bits per heavy atom. The van der Waals surface area contributed by atoms with Gasteiger partial charge in [-0.1, -0.05) is 24.8 Å². The number of aromatic amines is 1. The Hall–Kier alpha value is -3.08. The summed E-state index contributed by atoms with van der Waals surface area (Å²) in [5.74, 6) is 0. The summed E-state index contributed by atoms with van der Waals surface area (Å²) in [4.78, 5) is 5.97. The van der Waals surface area contributed by atoms with Gasteiger partial charge in [-0.25, -0.2) is 0 Å². The van der Waals surface area contributed by atoms with E-state index in [1.807, 2.05) is 46.3 Å². The fourth-order valence-corrected chi connectivity index (χ4v) is 2.30. The largest absolute Gasteiger partial charge is 0.378 e. The van der Waals surface area contributed by atoms with Crippen molar-refractivity contribution in [2.24, 2.45) is 0 Å². The summed E-state index contributed by atoms with van der Waals surface area (Å²) in [6.45, 7) is 8.68. The van der Waals surface area contributed by atoms with Gasteiger partial charge in [0, 0.05) is 38.7 Å². The van der Waals surface area contributed by atoms with Crippen molar-refractivity contribution in [2.75, 3.05) is 24.3 Å². The highest BCUT2D eigenvalue weighted by Crippen LogP contribution is 2.20. The van der Waals surface area contributed by atoms with Crippen LogP contribution >= 0.6 is 0 Å². The lowest BCUT2D eigenvalue weighted by Gasteiger charge is -2.13. The first-order chi connectivity index (χ1) is 12.5. The zero-order valence-corrected chi connectivity index (χ0v) is 16.0. The molecule has 2 N–H and O–H groups in total. The molecule has 0 saturated carbocycles. The van der Waals surface area contributed by atoms with Crippen molar-refractivity contribution in [3.05, 3.63) is 78.4 Å². The molecular weight excluding hydrogens is 322 g/mol. The number of allylic oxidation sites excluding steroid dienone is 1. The average molecular weight is 349 g/mol. The van der Waals surface area contributed by atoms with Gasteiger partial charge in [-0.3, -0.25) is 10.1 Å². The summed E-state index contributed by atoms with van der Waals surface area (Å²) in [6.07, 6.45) is 5.39. The van der Waals surface area contributed by atoms with E-state index in [0.717, 1.165) is 23.5 Å². The van der Waals surface area contributed by atoms with Crippen LogP contribution in [0.4, 0.5) is 11.4 Å². The minimum Gasteiger partial charge on any atom is -0.378 e. The van der Waals surface area contributed by atoms with Crippen LogP contribution < -0.4 is 10.2 Å². The Kier molecular flexibility index (Phi) is 6.97. The second kappa shape index (κ2) is 9.42. The fourth-order valence-electron chi connectivity index (χ4n) is 2.30. The van der Waals surface area contributed by atoms with Crippen molar-refractivity contribution in [3.8, 4) is 0 Å². The number of benzene rings is 1. The minimum absolute atomic E-state index is 0.771. The average Bonchev–Trinajstić information content (AvgIpc) is 3.10. The lowest BCUT2D eigenvalue weighted by molar-refractivity contribution is 1.07. The normalized spacial score (nSPS) is 9.85. The lowest BCUT2D eigenvalue weighted by Crippen LogP contribution is -2.08. The monoisotopic (exact) mass is 349 g/mol. The van der Waals surface area contributed by atoms with Gasteiger partial charge in [-0.2, -0.15) is 5.10 Å². The standard InChI is InChI=1S/C15H20N4.C6H7N/c1-11(2)15-14(10-17-18-15)16-9-12-5-7-13(8-6-12)19(3)4;1-6-3-2-4-7-5-6/h5-8,10,16H,1,9H2,2-4H3,(H,17,18);2-5H,1H3. The minimum atomic E-state index is 0.771. The molecule has 0 bridgehead atoms. The molecule has 0 saturated heterocycles. The highest BCUT2D eigenvalue weighted by Gasteiger charge is 2.05. The second-order valence-electron chi connectivity index (χ2n) is 6.38. The number of aromatic nitrogens is 3. The van der Waals surface area contributed by atoms with Crippen molar-refractivity contribution in [2.45, 2.75) is 20.4 Å². The molecule has 136 valence electrons. The SMILES string of the molecule is C=C(C)c1[nH]ncc1NCc1ccc(N(C)C)cc1.Cc1cccnc1. The van der Waals surface area contributed by atoms with Gasteiger partial charge < -0.3 is 10.2 Å². The van der Waals surface area contributed by atoms with Crippen LogP contribution in [-0.2, 0) is 6.54 Å². The van der Waals surface area contributed by atoms with Gasteiger partial charge in [0.1, 0.15) is 0 Å². The van der Waals surface area contributed by atoms with E-state index in [2.05, 4.69) is 56.2 Å². The number of H-pyrrole nitrogens is 1. The third-order valence-corrected chi connectivity index (χ3v) is 3.81. The Balaban J connectivity index is 0.000000290. The molecule has 3 aromatic rings. The summed E-state index contributed by atoms with van der Waals surface area (Å²) < 4.78 is 0. The highest BCUT2D eigenvalue weighted by molar-refractivity contribution is 5.70. The van der Waals surface area contributed by atoms with Gasteiger partial charge >= 0.3 is 0 Å². The van der Waals surface area contributed by atoms with E-state index in [1.54, 1.807) is 12.4 Å². The van der Waals surface area contributed by atoms with E-state index in [1.165, 1.54) is 16.8 Å². The Labute approximate surface area is 155 Å². The molecule has 1 aromatic carbocycles. The molecule has 0 fully saturated rings. The van der Waals surface area contributed by atoms with Gasteiger partial charge in [0.15, 0.2) is 0 Å². The molecule has 0 radical (unpaired) electrons. The van der Waals surface area contributed by atoms with Crippen LogP contribution in [-0.4, -0.2) is 29.3 Å². The highest BCUT2D eigenvalue weighted by atomic mass is 15.1. The number of anilines is 2. The molecule has 0 aliphatic heterocycles. The molecule has 0 amide bonds. The van der Waals surface area contributed by atoms with Crippen molar-refractivity contribution in [1.29, 1.82) is 0 Å². The molecule has 0 aliphatic rings. The topological polar surface area (TPSA) is 56.8 Å². The summed E-state index contributed by atoms with van der Waals surface area (Å²) >= 11 is 0. The van der Waals surface area contributed by atoms with Crippen LogP contribution in [0.5, 0.6) is 0 Å². The van der Waals surface area contributed by atoms with Gasteiger partial charge in [0.05, 0.1) is 17.6 Å². The Bertz CT molecular complexity index is 804. The van der Waals surface area contributed by atoms with E-state index in [9.17, 15) is 0 Å². The fraction of sp³-hybridized carbons (Fsp3) is 0.238. The zero-order chi connectivity index (χ0) is 18.9. The predicted molar refractivity (Wildman–Crippen MR) is 110 cm³/mol. The lowest BCUT2D eigenvalue weighted by atomic mass is 10.2. The van der Waals surface area contributed by atoms with Crippen LogP contribution in [0, 0.1) is 6.92 Å². The molecule has 0 spiro atoms. The van der Waals surface area contributed by atoms with Crippen LogP contribution in [0.1, 0.15) is 23.7 Å². The number of nitrogens with zero attached hydrogens (tertiary/aromatic N) is 3. The first kappa shape index (κ1) is 19.2. The summed E-state index contributed by atoms with van der Waals surface area (Å²) in [6, 6.07) is 12.4. The molecule has 0 unspecified atom stereocenters. The second-order valence-corrected chi connectivity index (χ2v) is 6.38. The third kappa shape index (κ3) is 5.77. The number of pyridine rings is 1. The number of hydrogen-bond acceptors (Lipinski definition) is 4. The van der Waals surface area contributed by atoms with Crippen molar-refractivity contribution >= 4 is 16.9 Å². The van der Waals surface area contributed by atoms with Crippen molar-refractivity contribution < 1.29 is 0 Å². The molecule has 3 rings (SSSR count). The van der Waals surface area contributed by atoms with E-state index in [0.29, 0.717) is 0 Å². The summed E-state index contributed by atoms with van der Waals surface area (Å²) in [7, 11) is 4.08. The van der Waals surface area contributed by atoms with Crippen molar-refractivity contribution in [3.63, 3.8) is 0 Å². The number of nitrogens with one attached hydrogen (secondary N) is 2. The van der Waals surface area contributed by atoms with Crippen LogP contribution in [0.3, 0.4) is 0 Å². The van der Waals surface area contributed by atoms with Crippen LogP contribution in [0.15, 0.2) is 61.6 Å². The van der Waals surface area contributed by atoms with Crippen LogP contribution in [0.25, 0.3) is 5.57 Å². The molecule has 26 heavy (non-hydrogen) atoms. The van der Waals surface area contributed by atoms with E-state index < -0.39 is 0 Å². The molecule has 0 atom stereocenters.